The van der Waals surface area contributed by atoms with E-state index in [4.69, 9.17) is 16.1 Å². The molecule has 0 amide bonds. The lowest BCUT2D eigenvalue weighted by Crippen LogP contribution is -1.82. The predicted octanol–water partition coefficient (Wildman–Crippen LogP) is 4.53. The molecular weight excluding hydrogens is 344 g/mol. The molecule has 20 heavy (non-hydrogen) atoms. The molecule has 0 fully saturated rings. The van der Waals surface area contributed by atoms with Crippen LogP contribution in [0, 0.1) is 0 Å². The number of nitrogens with zero attached hydrogens (tertiary/aromatic N) is 2. The second-order valence-electron chi connectivity index (χ2n) is 4.07. The molecule has 1 heterocycles. The van der Waals surface area contributed by atoms with E-state index in [1.807, 2.05) is 12.1 Å². The standard InChI is InChI=1S/C14H8BrClN2O2/c15-11-6-2-5-10(12(11)16)14-17-13(18-20-14)8-3-1-4-9(19)7-8/h1-7,19H. The third-order valence-electron chi connectivity index (χ3n) is 2.71. The zero-order valence-electron chi connectivity index (χ0n) is 10.0. The number of benzene rings is 2. The fourth-order valence-corrected chi connectivity index (χ4v) is 2.34. The first-order valence-electron chi connectivity index (χ1n) is 5.72. The maximum Gasteiger partial charge on any atom is 0.259 e. The fraction of sp³-hybridized carbons (Fsp3) is 0. The van der Waals surface area contributed by atoms with E-state index in [2.05, 4.69) is 26.1 Å². The van der Waals surface area contributed by atoms with Crippen LogP contribution in [-0.4, -0.2) is 15.2 Å². The van der Waals surface area contributed by atoms with Gasteiger partial charge in [0.2, 0.25) is 5.82 Å². The zero-order chi connectivity index (χ0) is 14.1. The molecule has 3 rings (SSSR count). The van der Waals surface area contributed by atoms with Gasteiger partial charge in [-0.1, -0.05) is 35.0 Å². The second-order valence-corrected chi connectivity index (χ2v) is 5.31. The lowest BCUT2D eigenvalue weighted by Gasteiger charge is -1.99. The largest absolute Gasteiger partial charge is 0.508 e. The Morgan fingerprint density at radius 3 is 2.75 bits per heavy atom. The Kier molecular flexibility index (Phi) is 3.46. The van der Waals surface area contributed by atoms with Gasteiger partial charge in [0.05, 0.1) is 10.6 Å². The third-order valence-corrected chi connectivity index (χ3v) is 4.01. The molecule has 0 bridgehead atoms. The van der Waals surface area contributed by atoms with Crippen molar-refractivity contribution in [3.05, 3.63) is 52.0 Å². The van der Waals surface area contributed by atoms with Crippen molar-refractivity contribution in [1.29, 1.82) is 0 Å². The van der Waals surface area contributed by atoms with Crippen molar-refractivity contribution < 1.29 is 9.63 Å². The monoisotopic (exact) mass is 350 g/mol. The highest BCUT2D eigenvalue weighted by Gasteiger charge is 2.14. The van der Waals surface area contributed by atoms with Gasteiger partial charge in [0, 0.05) is 10.0 Å². The van der Waals surface area contributed by atoms with E-state index < -0.39 is 0 Å². The second kappa shape index (κ2) is 5.26. The molecule has 0 saturated carbocycles. The van der Waals surface area contributed by atoms with E-state index >= 15 is 0 Å². The lowest BCUT2D eigenvalue weighted by molar-refractivity contribution is 0.432. The van der Waals surface area contributed by atoms with E-state index in [-0.39, 0.29) is 5.75 Å². The summed E-state index contributed by atoms with van der Waals surface area (Å²) in [7, 11) is 0. The van der Waals surface area contributed by atoms with Crippen LogP contribution < -0.4 is 0 Å². The van der Waals surface area contributed by atoms with Crippen LogP contribution in [0.2, 0.25) is 5.02 Å². The van der Waals surface area contributed by atoms with Crippen molar-refractivity contribution >= 4 is 27.5 Å². The van der Waals surface area contributed by atoms with Crippen LogP contribution in [0.3, 0.4) is 0 Å². The number of halogens is 2. The molecular formula is C14H8BrClN2O2. The van der Waals surface area contributed by atoms with Gasteiger partial charge < -0.3 is 9.63 Å². The predicted molar refractivity (Wildman–Crippen MR) is 79.5 cm³/mol. The van der Waals surface area contributed by atoms with Crippen LogP contribution in [0.4, 0.5) is 0 Å². The average Bonchev–Trinajstić information content (AvgIpc) is 2.91. The van der Waals surface area contributed by atoms with Crippen LogP contribution >= 0.6 is 27.5 Å². The third kappa shape index (κ3) is 2.42. The maximum atomic E-state index is 9.47. The van der Waals surface area contributed by atoms with Crippen LogP contribution in [0.1, 0.15) is 0 Å². The number of aromatic nitrogens is 2. The Balaban J connectivity index is 2.04. The van der Waals surface area contributed by atoms with Crippen molar-refractivity contribution in [2.24, 2.45) is 0 Å². The summed E-state index contributed by atoms with van der Waals surface area (Å²) in [5.74, 6) is 0.871. The molecule has 0 saturated heterocycles. The minimum Gasteiger partial charge on any atom is -0.508 e. The number of rotatable bonds is 2. The van der Waals surface area contributed by atoms with E-state index in [0.29, 0.717) is 27.9 Å². The maximum absolute atomic E-state index is 9.47. The number of aromatic hydroxyl groups is 1. The minimum absolute atomic E-state index is 0.148. The van der Waals surface area contributed by atoms with Gasteiger partial charge in [-0.3, -0.25) is 0 Å². The van der Waals surface area contributed by atoms with Gasteiger partial charge in [-0.05, 0) is 40.2 Å². The summed E-state index contributed by atoms with van der Waals surface area (Å²) < 4.78 is 5.99. The van der Waals surface area contributed by atoms with Gasteiger partial charge in [-0.15, -0.1) is 0 Å². The normalized spacial score (nSPS) is 10.7. The lowest BCUT2D eigenvalue weighted by atomic mass is 10.2. The molecule has 0 radical (unpaired) electrons. The minimum atomic E-state index is 0.148. The first-order valence-corrected chi connectivity index (χ1v) is 6.90. The van der Waals surface area contributed by atoms with Crippen LogP contribution in [0.25, 0.3) is 22.8 Å². The quantitative estimate of drug-likeness (QED) is 0.737. The van der Waals surface area contributed by atoms with Crippen LogP contribution in [-0.2, 0) is 0 Å². The summed E-state index contributed by atoms with van der Waals surface area (Å²) in [5.41, 5.74) is 1.33. The Morgan fingerprint density at radius 2 is 1.95 bits per heavy atom. The summed E-state index contributed by atoms with van der Waals surface area (Å²) in [6, 6.07) is 12.1. The van der Waals surface area contributed by atoms with Crippen molar-refractivity contribution in [2.45, 2.75) is 0 Å². The first kappa shape index (κ1) is 13.1. The Labute approximate surface area is 128 Å². The van der Waals surface area contributed by atoms with Gasteiger partial charge in [-0.25, -0.2) is 0 Å². The van der Waals surface area contributed by atoms with Crippen molar-refractivity contribution in [2.75, 3.05) is 0 Å². The SMILES string of the molecule is Oc1cccc(-c2noc(-c3cccc(Br)c3Cl)n2)c1. The Bertz CT molecular complexity index is 773. The topological polar surface area (TPSA) is 59.2 Å². The first-order chi connectivity index (χ1) is 9.65. The Morgan fingerprint density at radius 1 is 1.15 bits per heavy atom. The summed E-state index contributed by atoms with van der Waals surface area (Å²) in [6.07, 6.45) is 0. The number of hydrogen-bond donors (Lipinski definition) is 1. The van der Waals surface area contributed by atoms with Crippen molar-refractivity contribution in [1.82, 2.24) is 10.1 Å². The highest BCUT2D eigenvalue weighted by atomic mass is 79.9. The van der Waals surface area contributed by atoms with Gasteiger partial charge in [0.25, 0.3) is 5.89 Å². The molecule has 0 atom stereocenters. The fourth-order valence-electron chi connectivity index (χ4n) is 1.76. The molecule has 1 aromatic heterocycles. The van der Waals surface area contributed by atoms with Crippen molar-refractivity contribution in [3.63, 3.8) is 0 Å². The van der Waals surface area contributed by atoms with Gasteiger partial charge in [0.15, 0.2) is 0 Å². The summed E-state index contributed by atoms with van der Waals surface area (Å²) in [4.78, 5) is 4.30. The smallest absolute Gasteiger partial charge is 0.259 e. The van der Waals surface area contributed by atoms with E-state index in [1.54, 1.807) is 30.3 Å². The summed E-state index contributed by atoms with van der Waals surface area (Å²) >= 11 is 9.54. The summed E-state index contributed by atoms with van der Waals surface area (Å²) in [6.45, 7) is 0. The van der Waals surface area contributed by atoms with E-state index in [9.17, 15) is 5.11 Å². The van der Waals surface area contributed by atoms with E-state index in [1.165, 1.54) is 0 Å². The van der Waals surface area contributed by atoms with Crippen LogP contribution in [0.5, 0.6) is 5.75 Å². The Hall–Kier alpha value is -1.85. The highest BCUT2D eigenvalue weighted by Crippen LogP contribution is 2.33. The molecule has 0 aliphatic rings. The van der Waals surface area contributed by atoms with Gasteiger partial charge >= 0.3 is 0 Å². The summed E-state index contributed by atoms with van der Waals surface area (Å²) in [5, 5.41) is 13.9. The van der Waals surface area contributed by atoms with Crippen LogP contribution in [0.15, 0.2) is 51.5 Å². The number of hydrogen-bond acceptors (Lipinski definition) is 4. The average molecular weight is 352 g/mol. The molecule has 3 aromatic rings. The molecule has 0 unspecified atom stereocenters. The number of phenolic OH excluding ortho intramolecular Hbond substituents is 1. The molecule has 0 aliphatic carbocycles. The molecule has 1 N–H and O–H groups in total. The van der Waals surface area contributed by atoms with Gasteiger partial charge in [0.1, 0.15) is 5.75 Å². The van der Waals surface area contributed by atoms with Crippen molar-refractivity contribution in [3.8, 4) is 28.6 Å². The molecule has 0 spiro atoms. The molecule has 6 heteroatoms. The highest BCUT2D eigenvalue weighted by molar-refractivity contribution is 9.10. The van der Waals surface area contributed by atoms with E-state index in [0.717, 1.165) is 4.47 Å². The van der Waals surface area contributed by atoms with Gasteiger partial charge in [-0.2, -0.15) is 4.98 Å². The number of phenols is 1. The zero-order valence-corrected chi connectivity index (χ0v) is 12.4. The molecule has 100 valence electrons. The molecule has 2 aromatic carbocycles. The molecule has 0 aliphatic heterocycles. The molecule has 4 nitrogen and oxygen atoms in total.